The molecule has 3 rings (SSSR count). The van der Waals surface area contributed by atoms with Crippen molar-refractivity contribution in [2.75, 3.05) is 13.1 Å². The van der Waals surface area contributed by atoms with Crippen LogP contribution in [-0.2, 0) is 4.79 Å². The molecule has 1 amide bonds. The SMILES string of the molecule is C#CCCC(=O)N1CCC(n2cnc3ccc(C)cc32)CC1. The fourth-order valence-electron chi connectivity index (χ4n) is 3.16. The fourth-order valence-corrected chi connectivity index (χ4v) is 3.16. The van der Waals surface area contributed by atoms with E-state index >= 15 is 0 Å². The number of terminal acetylenes is 1. The van der Waals surface area contributed by atoms with Gasteiger partial charge in [-0.2, -0.15) is 0 Å². The van der Waals surface area contributed by atoms with E-state index < -0.39 is 0 Å². The molecule has 1 fully saturated rings. The maximum atomic E-state index is 12.0. The van der Waals surface area contributed by atoms with Crippen LogP contribution in [0.2, 0.25) is 0 Å². The van der Waals surface area contributed by atoms with Gasteiger partial charge in [0.15, 0.2) is 0 Å². The summed E-state index contributed by atoms with van der Waals surface area (Å²) in [6, 6.07) is 6.77. The first kappa shape index (κ1) is 14.6. The number of nitrogens with zero attached hydrogens (tertiary/aromatic N) is 3. The number of aromatic nitrogens is 2. The molecule has 1 aromatic carbocycles. The Morgan fingerprint density at radius 3 is 2.91 bits per heavy atom. The summed E-state index contributed by atoms with van der Waals surface area (Å²) in [5, 5.41) is 0. The lowest BCUT2D eigenvalue weighted by molar-refractivity contribution is -0.132. The third-order valence-electron chi connectivity index (χ3n) is 4.42. The van der Waals surface area contributed by atoms with Crippen LogP contribution < -0.4 is 0 Å². The van der Waals surface area contributed by atoms with Gasteiger partial charge in [0.2, 0.25) is 5.91 Å². The van der Waals surface area contributed by atoms with Crippen molar-refractivity contribution in [3.8, 4) is 12.3 Å². The molecule has 0 aliphatic carbocycles. The molecule has 1 aliphatic rings. The number of fused-ring (bicyclic) bond motifs is 1. The molecule has 22 heavy (non-hydrogen) atoms. The maximum absolute atomic E-state index is 12.0. The molecule has 2 heterocycles. The Morgan fingerprint density at radius 2 is 2.18 bits per heavy atom. The summed E-state index contributed by atoms with van der Waals surface area (Å²) in [4.78, 5) is 18.5. The molecule has 0 radical (unpaired) electrons. The number of amides is 1. The summed E-state index contributed by atoms with van der Waals surface area (Å²) < 4.78 is 2.27. The van der Waals surface area contributed by atoms with Crippen LogP contribution in [-0.4, -0.2) is 33.4 Å². The average Bonchev–Trinajstić information content (AvgIpc) is 2.95. The number of carbonyl (C=O) groups is 1. The Hall–Kier alpha value is -2.28. The highest BCUT2D eigenvalue weighted by molar-refractivity contribution is 5.77. The third kappa shape index (κ3) is 2.85. The zero-order valence-electron chi connectivity index (χ0n) is 13.0. The van der Waals surface area contributed by atoms with Gasteiger partial charge in [0.25, 0.3) is 0 Å². The predicted octanol–water partition coefficient (Wildman–Crippen LogP) is 2.92. The van der Waals surface area contributed by atoms with E-state index in [9.17, 15) is 4.79 Å². The van der Waals surface area contributed by atoms with Crippen LogP contribution in [0, 0.1) is 19.3 Å². The molecule has 1 aromatic heterocycles. The second-order valence-electron chi connectivity index (χ2n) is 5.96. The number of likely N-dealkylation sites (tertiary alicyclic amines) is 1. The molecular weight excluding hydrogens is 274 g/mol. The molecule has 0 spiro atoms. The van der Waals surface area contributed by atoms with E-state index in [1.165, 1.54) is 11.1 Å². The maximum Gasteiger partial charge on any atom is 0.223 e. The van der Waals surface area contributed by atoms with E-state index in [1.807, 2.05) is 11.2 Å². The summed E-state index contributed by atoms with van der Waals surface area (Å²) in [6.45, 7) is 3.71. The van der Waals surface area contributed by atoms with E-state index in [0.29, 0.717) is 18.9 Å². The van der Waals surface area contributed by atoms with E-state index in [0.717, 1.165) is 31.4 Å². The Bertz CT molecular complexity index is 717. The minimum Gasteiger partial charge on any atom is -0.343 e. The number of rotatable bonds is 3. The summed E-state index contributed by atoms with van der Waals surface area (Å²) >= 11 is 0. The first-order chi connectivity index (χ1) is 10.7. The van der Waals surface area contributed by atoms with Gasteiger partial charge in [0.1, 0.15) is 0 Å². The van der Waals surface area contributed by atoms with Crippen molar-refractivity contribution >= 4 is 16.9 Å². The van der Waals surface area contributed by atoms with Crippen molar-refractivity contribution < 1.29 is 4.79 Å². The number of hydrogen-bond donors (Lipinski definition) is 0. The van der Waals surface area contributed by atoms with Gasteiger partial charge >= 0.3 is 0 Å². The second-order valence-corrected chi connectivity index (χ2v) is 5.96. The Kier molecular flexibility index (Phi) is 4.15. The average molecular weight is 295 g/mol. The van der Waals surface area contributed by atoms with Crippen molar-refractivity contribution in [3.63, 3.8) is 0 Å². The van der Waals surface area contributed by atoms with E-state index in [2.05, 4.69) is 40.6 Å². The van der Waals surface area contributed by atoms with Crippen molar-refractivity contribution in [1.82, 2.24) is 14.5 Å². The van der Waals surface area contributed by atoms with Crippen LogP contribution in [0.4, 0.5) is 0 Å². The number of aryl methyl sites for hydroxylation is 1. The lowest BCUT2D eigenvalue weighted by Crippen LogP contribution is -2.38. The van der Waals surface area contributed by atoms with Gasteiger partial charge in [-0.1, -0.05) is 6.07 Å². The lowest BCUT2D eigenvalue weighted by atomic mass is 10.0. The molecule has 4 nitrogen and oxygen atoms in total. The van der Waals surface area contributed by atoms with Crippen LogP contribution in [0.15, 0.2) is 24.5 Å². The number of hydrogen-bond acceptors (Lipinski definition) is 2. The number of imidazole rings is 1. The Labute approximate surface area is 131 Å². The van der Waals surface area contributed by atoms with Crippen molar-refractivity contribution in [2.45, 2.75) is 38.6 Å². The van der Waals surface area contributed by atoms with Crippen LogP contribution in [0.25, 0.3) is 11.0 Å². The molecule has 0 N–H and O–H groups in total. The summed E-state index contributed by atoms with van der Waals surface area (Å²) in [5.41, 5.74) is 3.48. The Balaban J connectivity index is 1.69. The number of carbonyl (C=O) groups excluding carboxylic acids is 1. The molecular formula is C18H21N3O. The third-order valence-corrected chi connectivity index (χ3v) is 4.42. The molecule has 2 aromatic rings. The highest BCUT2D eigenvalue weighted by Crippen LogP contribution is 2.27. The van der Waals surface area contributed by atoms with Gasteiger partial charge in [-0.3, -0.25) is 4.79 Å². The van der Waals surface area contributed by atoms with E-state index in [4.69, 9.17) is 6.42 Å². The second kappa shape index (κ2) is 6.23. The van der Waals surface area contributed by atoms with Gasteiger partial charge in [0, 0.05) is 32.0 Å². The van der Waals surface area contributed by atoms with Gasteiger partial charge in [-0.05, 0) is 37.5 Å². The topological polar surface area (TPSA) is 38.1 Å². The number of piperidine rings is 1. The molecule has 4 heteroatoms. The fraction of sp³-hybridized carbons (Fsp3) is 0.444. The normalized spacial score (nSPS) is 15.9. The molecule has 1 aliphatic heterocycles. The highest BCUT2D eigenvalue weighted by Gasteiger charge is 2.24. The van der Waals surface area contributed by atoms with Crippen LogP contribution in [0.3, 0.4) is 0 Å². The monoisotopic (exact) mass is 295 g/mol. The first-order valence-electron chi connectivity index (χ1n) is 7.83. The van der Waals surface area contributed by atoms with Crippen molar-refractivity contribution in [2.24, 2.45) is 0 Å². The Morgan fingerprint density at radius 1 is 1.41 bits per heavy atom. The zero-order chi connectivity index (χ0) is 15.5. The molecule has 0 bridgehead atoms. The van der Waals surface area contributed by atoms with Crippen molar-refractivity contribution in [1.29, 1.82) is 0 Å². The minimum atomic E-state index is 0.183. The molecule has 0 unspecified atom stereocenters. The zero-order valence-corrected chi connectivity index (χ0v) is 13.0. The van der Waals surface area contributed by atoms with E-state index in [-0.39, 0.29) is 5.91 Å². The molecule has 114 valence electrons. The smallest absolute Gasteiger partial charge is 0.223 e. The van der Waals surface area contributed by atoms with E-state index in [1.54, 1.807) is 0 Å². The van der Waals surface area contributed by atoms with Crippen LogP contribution >= 0.6 is 0 Å². The number of benzene rings is 1. The molecule has 0 saturated carbocycles. The molecule has 1 saturated heterocycles. The quantitative estimate of drug-likeness (QED) is 0.817. The summed E-state index contributed by atoms with van der Waals surface area (Å²) in [7, 11) is 0. The first-order valence-corrected chi connectivity index (χ1v) is 7.83. The standard InChI is InChI=1S/C18H21N3O/c1-3-4-5-18(22)20-10-8-15(9-11-20)21-13-19-16-7-6-14(2)12-17(16)21/h1,6-7,12-13,15H,4-5,8-11H2,2H3. The van der Waals surface area contributed by atoms with Gasteiger partial charge in [0.05, 0.1) is 17.4 Å². The predicted molar refractivity (Wildman–Crippen MR) is 87.4 cm³/mol. The minimum absolute atomic E-state index is 0.183. The largest absolute Gasteiger partial charge is 0.343 e. The van der Waals surface area contributed by atoms with Gasteiger partial charge in [-0.15, -0.1) is 12.3 Å². The summed E-state index contributed by atoms with van der Waals surface area (Å²) in [6.07, 6.45) is 10.1. The molecule has 0 atom stereocenters. The lowest BCUT2D eigenvalue weighted by Gasteiger charge is -2.33. The highest BCUT2D eigenvalue weighted by atomic mass is 16.2. The van der Waals surface area contributed by atoms with Gasteiger partial charge < -0.3 is 9.47 Å². The van der Waals surface area contributed by atoms with Gasteiger partial charge in [-0.25, -0.2) is 4.98 Å². The summed E-state index contributed by atoms with van der Waals surface area (Å²) in [5.74, 6) is 2.72. The van der Waals surface area contributed by atoms with Crippen molar-refractivity contribution in [3.05, 3.63) is 30.1 Å². The van der Waals surface area contributed by atoms with Crippen LogP contribution in [0.1, 0.15) is 37.3 Å². The van der Waals surface area contributed by atoms with Crippen LogP contribution in [0.5, 0.6) is 0 Å².